The third-order valence-electron chi connectivity index (χ3n) is 3.16. The van der Waals surface area contributed by atoms with Crippen LogP contribution in [-0.4, -0.2) is 29.5 Å². The molecule has 112 valence electrons. The number of benzene rings is 2. The average molecular weight is 298 g/mol. The first-order valence-electron chi connectivity index (χ1n) is 6.57. The highest BCUT2D eigenvalue weighted by molar-refractivity contribution is 5.63. The lowest BCUT2D eigenvalue weighted by Gasteiger charge is -2.07. The number of rotatable bonds is 4. The molecule has 0 bridgehead atoms. The van der Waals surface area contributed by atoms with Gasteiger partial charge in [0.05, 0.1) is 14.2 Å². The maximum absolute atomic E-state index is 9.51. The number of aromatic nitrogens is 2. The Morgan fingerprint density at radius 1 is 0.955 bits per heavy atom. The summed E-state index contributed by atoms with van der Waals surface area (Å²) in [7, 11) is 3.14. The summed E-state index contributed by atoms with van der Waals surface area (Å²) in [6.07, 6.45) is 0. The lowest BCUT2D eigenvalue weighted by atomic mass is 10.2. The van der Waals surface area contributed by atoms with E-state index in [9.17, 15) is 5.11 Å². The zero-order valence-electron chi connectivity index (χ0n) is 12.1. The molecule has 0 radical (unpaired) electrons. The summed E-state index contributed by atoms with van der Waals surface area (Å²) in [5.41, 5.74) is 1.40. The Morgan fingerprint density at radius 3 is 2.50 bits per heavy atom. The highest BCUT2D eigenvalue weighted by Crippen LogP contribution is 2.32. The number of phenols is 1. The van der Waals surface area contributed by atoms with Crippen LogP contribution >= 0.6 is 0 Å². The molecule has 6 heteroatoms. The minimum Gasteiger partial charge on any atom is -0.508 e. The van der Waals surface area contributed by atoms with Crippen LogP contribution in [0.25, 0.3) is 22.8 Å². The molecular weight excluding hydrogens is 284 g/mol. The maximum atomic E-state index is 9.51. The van der Waals surface area contributed by atoms with Crippen molar-refractivity contribution in [2.24, 2.45) is 0 Å². The van der Waals surface area contributed by atoms with E-state index in [2.05, 4.69) is 10.1 Å². The maximum Gasteiger partial charge on any atom is 0.258 e. The molecule has 0 saturated heterocycles. The third-order valence-corrected chi connectivity index (χ3v) is 3.16. The minimum atomic E-state index is 0.148. The zero-order chi connectivity index (χ0) is 15.5. The minimum absolute atomic E-state index is 0.148. The Hall–Kier alpha value is -3.02. The second-order valence-electron chi connectivity index (χ2n) is 4.54. The van der Waals surface area contributed by atoms with Gasteiger partial charge in [0, 0.05) is 11.1 Å². The van der Waals surface area contributed by atoms with Gasteiger partial charge in [-0.2, -0.15) is 4.98 Å². The van der Waals surface area contributed by atoms with Gasteiger partial charge in [0.15, 0.2) is 11.5 Å². The van der Waals surface area contributed by atoms with E-state index >= 15 is 0 Å². The number of aromatic hydroxyl groups is 1. The monoisotopic (exact) mass is 298 g/mol. The van der Waals surface area contributed by atoms with Crippen LogP contribution in [-0.2, 0) is 0 Å². The van der Waals surface area contributed by atoms with Crippen LogP contribution in [0, 0.1) is 0 Å². The molecule has 2 aromatic carbocycles. The van der Waals surface area contributed by atoms with Crippen molar-refractivity contribution in [1.82, 2.24) is 10.1 Å². The van der Waals surface area contributed by atoms with E-state index in [0.29, 0.717) is 28.8 Å². The highest BCUT2D eigenvalue weighted by atomic mass is 16.5. The fraction of sp³-hybridized carbons (Fsp3) is 0.125. The summed E-state index contributed by atoms with van der Waals surface area (Å²) < 4.78 is 15.7. The van der Waals surface area contributed by atoms with Crippen LogP contribution in [0.5, 0.6) is 17.2 Å². The van der Waals surface area contributed by atoms with E-state index in [1.54, 1.807) is 56.7 Å². The molecule has 1 N–H and O–H groups in total. The first-order chi connectivity index (χ1) is 10.7. The number of hydrogen-bond donors (Lipinski definition) is 1. The van der Waals surface area contributed by atoms with Gasteiger partial charge in [0.25, 0.3) is 5.89 Å². The summed E-state index contributed by atoms with van der Waals surface area (Å²) >= 11 is 0. The van der Waals surface area contributed by atoms with E-state index < -0.39 is 0 Å². The van der Waals surface area contributed by atoms with Crippen LogP contribution < -0.4 is 9.47 Å². The molecule has 0 aliphatic carbocycles. The fourth-order valence-electron chi connectivity index (χ4n) is 2.07. The largest absolute Gasteiger partial charge is 0.508 e. The molecule has 0 amide bonds. The van der Waals surface area contributed by atoms with Crippen LogP contribution in [0.4, 0.5) is 0 Å². The highest BCUT2D eigenvalue weighted by Gasteiger charge is 2.13. The molecule has 3 rings (SSSR count). The van der Waals surface area contributed by atoms with Crippen molar-refractivity contribution in [3.8, 4) is 40.1 Å². The number of ether oxygens (including phenoxy) is 2. The van der Waals surface area contributed by atoms with Crippen molar-refractivity contribution in [2.75, 3.05) is 14.2 Å². The number of methoxy groups -OCH3 is 2. The Morgan fingerprint density at radius 2 is 1.77 bits per heavy atom. The predicted molar refractivity (Wildman–Crippen MR) is 79.9 cm³/mol. The van der Waals surface area contributed by atoms with Crippen molar-refractivity contribution in [1.29, 1.82) is 0 Å². The lowest BCUT2D eigenvalue weighted by molar-refractivity contribution is 0.355. The van der Waals surface area contributed by atoms with Crippen molar-refractivity contribution in [2.45, 2.75) is 0 Å². The molecule has 0 atom stereocenters. The summed E-state index contributed by atoms with van der Waals surface area (Å²) in [4.78, 5) is 4.34. The van der Waals surface area contributed by atoms with Crippen LogP contribution in [0.1, 0.15) is 0 Å². The van der Waals surface area contributed by atoms with E-state index in [4.69, 9.17) is 14.0 Å². The second-order valence-corrected chi connectivity index (χ2v) is 4.54. The van der Waals surface area contributed by atoms with Crippen molar-refractivity contribution in [3.05, 3.63) is 42.5 Å². The average Bonchev–Trinajstić information content (AvgIpc) is 3.04. The van der Waals surface area contributed by atoms with Crippen molar-refractivity contribution < 1.29 is 19.1 Å². The van der Waals surface area contributed by atoms with Crippen molar-refractivity contribution >= 4 is 0 Å². The number of hydrogen-bond acceptors (Lipinski definition) is 6. The lowest BCUT2D eigenvalue weighted by Crippen LogP contribution is -1.90. The van der Waals surface area contributed by atoms with E-state index in [-0.39, 0.29) is 5.75 Å². The van der Waals surface area contributed by atoms with Gasteiger partial charge in [-0.1, -0.05) is 17.3 Å². The summed E-state index contributed by atoms with van der Waals surface area (Å²) in [5, 5.41) is 13.4. The molecule has 0 fully saturated rings. The van der Waals surface area contributed by atoms with Gasteiger partial charge < -0.3 is 19.1 Å². The fourth-order valence-corrected chi connectivity index (χ4v) is 2.07. The molecule has 6 nitrogen and oxygen atoms in total. The van der Waals surface area contributed by atoms with E-state index in [0.717, 1.165) is 5.56 Å². The van der Waals surface area contributed by atoms with Gasteiger partial charge in [-0.15, -0.1) is 0 Å². The van der Waals surface area contributed by atoms with Gasteiger partial charge >= 0.3 is 0 Å². The molecule has 0 aliphatic rings. The Kier molecular flexibility index (Phi) is 3.65. The van der Waals surface area contributed by atoms with Crippen LogP contribution in [0.15, 0.2) is 47.0 Å². The molecule has 0 aliphatic heterocycles. The quantitative estimate of drug-likeness (QED) is 0.797. The van der Waals surface area contributed by atoms with Gasteiger partial charge in [-0.25, -0.2) is 0 Å². The van der Waals surface area contributed by atoms with E-state index in [1.807, 2.05) is 0 Å². The zero-order valence-corrected chi connectivity index (χ0v) is 12.1. The summed E-state index contributed by atoms with van der Waals surface area (Å²) in [5.74, 6) is 2.12. The van der Waals surface area contributed by atoms with Crippen molar-refractivity contribution in [3.63, 3.8) is 0 Å². The Balaban J connectivity index is 1.97. The van der Waals surface area contributed by atoms with Crippen LogP contribution in [0.2, 0.25) is 0 Å². The molecule has 3 aromatic rings. The Bertz CT molecular complexity index is 798. The normalized spacial score (nSPS) is 10.5. The number of phenolic OH excluding ortho intramolecular Hbond substituents is 1. The molecule has 0 unspecified atom stereocenters. The number of nitrogens with zero attached hydrogens (tertiary/aromatic N) is 2. The molecular formula is C16H14N2O4. The van der Waals surface area contributed by atoms with Gasteiger partial charge in [-0.05, 0) is 30.3 Å². The summed E-state index contributed by atoms with van der Waals surface area (Å²) in [6, 6.07) is 12.0. The molecule has 1 aromatic heterocycles. The molecule has 0 spiro atoms. The first kappa shape index (κ1) is 13.9. The second kappa shape index (κ2) is 5.77. The topological polar surface area (TPSA) is 77.6 Å². The Labute approximate surface area is 126 Å². The van der Waals surface area contributed by atoms with Crippen LogP contribution in [0.3, 0.4) is 0 Å². The molecule has 1 heterocycles. The van der Waals surface area contributed by atoms with Gasteiger partial charge in [0.2, 0.25) is 5.82 Å². The summed E-state index contributed by atoms with van der Waals surface area (Å²) in [6.45, 7) is 0. The predicted octanol–water partition coefficient (Wildman–Crippen LogP) is 3.13. The smallest absolute Gasteiger partial charge is 0.258 e. The molecule has 22 heavy (non-hydrogen) atoms. The first-order valence-corrected chi connectivity index (χ1v) is 6.57. The van der Waals surface area contributed by atoms with Gasteiger partial charge in [-0.3, -0.25) is 0 Å². The SMILES string of the molecule is COc1ccc(-c2nc(-c3cccc(O)c3)no2)cc1OC. The molecule has 0 saturated carbocycles. The third kappa shape index (κ3) is 2.58. The standard InChI is InChI=1S/C16H14N2O4/c1-20-13-7-6-11(9-14(13)21-2)16-17-15(18-22-16)10-4-3-5-12(19)8-10/h3-9,19H,1-2H3. The van der Waals surface area contributed by atoms with Gasteiger partial charge in [0.1, 0.15) is 5.75 Å². The van der Waals surface area contributed by atoms with E-state index in [1.165, 1.54) is 0 Å².